The topological polar surface area (TPSA) is 77.7 Å². The van der Waals surface area contributed by atoms with Gasteiger partial charge in [-0.1, -0.05) is 6.07 Å². The molecule has 116 valence electrons. The summed E-state index contributed by atoms with van der Waals surface area (Å²) in [6.45, 7) is 0. The molecule has 1 heterocycles. The summed E-state index contributed by atoms with van der Waals surface area (Å²) < 4.78 is 12.8. The number of hydrogen-bond donors (Lipinski definition) is 1. The van der Waals surface area contributed by atoms with Crippen molar-refractivity contribution in [3.05, 3.63) is 39.2 Å². The Hall–Kier alpha value is -2.10. The molecule has 22 heavy (non-hydrogen) atoms. The Kier molecular flexibility index (Phi) is 5.36. The molecule has 0 atom stereocenters. The van der Waals surface area contributed by atoms with Gasteiger partial charge in [0.15, 0.2) is 17.2 Å². The molecule has 0 fully saturated rings. The largest absolute Gasteiger partial charge is 0.493 e. The number of ether oxygens (including phenoxy) is 2. The average Bonchev–Trinajstić information content (AvgIpc) is 2.85. The second-order valence-electron chi connectivity index (χ2n) is 4.28. The highest BCUT2D eigenvalue weighted by atomic mass is 127. The molecule has 0 aliphatic carbocycles. The van der Waals surface area contributed by atoms with E-state index in [-0.39, 0.29) is 5.91 Å². The molecule has 0 aliphatic rings. The lowest BCUT2D eigenvalue weighted by Gasteiger charge is -2.09. The maximum absolute atomic E-state index is 12.0. The fourth-order valence-corrected chi connectivity index (χ4v) is 2.60. The molecule has 1 amide bonds. The summed E-state index contributed by atoms with van der Waals surface area (Å²) in [4.78, 5) is 12.0. The van der Waals surface area contributed by atoms with Crippen molar-refractivity contribution in [2.45, 2.75) is 0 Å². The normalized spacial score (nSPS) is 10.7. The smallest absolute Gasteiger partial charge is 0.292 e. The van der Waals surface area contributed by atoms with Gasteiger partial charge in [0, 0.05) is 18.8 Å². The van der Waals surface area contributed by atoms with Gasteiger partial charge < -0.3 is 9.47 Å². The van der Waals surface area contributed by atoms with E-state index in [0.29, 0.717) is 22.8 Å². The zero-order chi connectivity index (χ0) is 16.1. The highest BCUT2D eigenvalue weighted by Gasteiger charge is 2.13. The van der Waals surface area contributed by atoms with E-state index in [0.717, 1.165) is 3.57 Å². The van der Waals surface area contributed by atoms with Gasteiger partial charge in [0.25, 0.3) is 5.91 Å². The third-order valence-electron chi connectivity index (χ3n) is 2.80. The number of rotatable bonds is 5. The van der Waals surface area contributed by atoms with Crippen LogP contribution in [0, 0.1) is 3.57 Å². The second kappa shape index (κ2) is 7.25. The highest BCUT2D eigenvalue weighted by molar-refractivity contribution is 14.1. The molecule has 1 N–H and O–H groups in total. The van der Waals surface area contributed by atoms with Crippen LogP contribution in [0.5, 0.6) is 11.5 Å². The van der Waals surface area contributed by atoms with Crippen molar-refractivity contribution < 1.29 is 14.3 Å². The predicted molar refractivity (Wildman–Crippen MR) is 90.5 cm³/mol. The van der Waals surface area contributed by atoms with E-state index in [9.17, 15) is 4.79 Å². The molecule has 0 saturated heterocycles. The Morgan fingerprint density at radius 3 is 2.77 bits per heavy atom. The Morgan fingerprint density at radius 2 is 2.18 bits per heavy atom. The van der Waals surface area contributed by atoms with Gasteiger partial charge in [-0.05, 0) is 34.7 Å². The molecule has 0 spiro atoms. The summed E-state index contributed by atoms with van der Waals surface area (Å²) >= 11 is 2.05. The van der Waals surface area contributed by atoms with Crippen molar-refractivity contribution >= 4 is 34.7 Å². The number of methoxy groups -OCH3 is 2. The number of nitrogens with one attached hydrogen (secondary N) is 1. The molecule has 0 radical (unpaired) electrons. The van der Waals surface area contributed by atoms with Gasteiger partial charge in [0.1, 0.15) is 0 Å². The van der Waals surface area contributed by atoms with E-state index in [2.05, 4.69) is 15.6 Å². The zero-order valence-corrected chi connectivity index (χ0v) is 14.5. The molecule has 1 aromatic carbocycles. The van der Waals surface area contributed by atoms with Gasteiger partial charge in [-0.25, -0.2) is 5.43 Å². The monoisotopic (exact) mass is 414 g/mol. The van der Waals surface area contributed by atoms with Crippen molar-refractivity contribution in [3.63, 3.8) is 0 Å². The molecule has 0 bridgehead atoms. The molecule has 0 unspecified atom stereocenters. The lowest BCUT2D eigenvalue weighted by Crippen LogP contribution is -2.19. The first-order valence-corrected chi connectivity index (χ1v) is 7.38. The van der Waals surface area contributed by atoms with Crippen LogP contribution in [0.1, 0.15) is 16.1 Å². The van der Waals surface area contributed by atoms with Gasteiger partial charge in [0.05, 0.1) is 24.0 Å². The number of amides is 1. The molecule has 0 saturated carbocycles. The molecule has 2 aromatic rings. The molecular weight excluding hydrogens is 399 g/mol. The summed E-state index contributed by atoms with van der Waals surface area (Å²) in [5, 5.41) is 8.02. The fourth-order valence-electron chi connectivity index (χ4n) is 1.84. The van der Waals surface area contributed by atoms with Crippen LogP contribution < -0.4 is 14.9 Å². The number of halogens is 1. The first-order chi connectivity index (χ1) is 10.6. The third kappa shape index (κ3) is 3.56. The number of nitrogens with zero attached hydrogens (tertiary/aromatic N) is 3. The lowest BCUT2D eigenvalue weighted by molar-refractivity contribution is 0.0948. The number of carbonyl (C=O) groups excluding carboxylic acids is 1. The standard InChI is InChI=1S/C14H15IN4O3/c1-19-8-10(15)12(18-19)14(20)17-16-7-9-5-4-6-11(21-2)13(9)22-3/h4-8H,1-3H3,(H,17,20). The molecule has 2 rings (SSSR count). The van der Waals surface area contributed by atoms with Gasteiger partial charge >= 0.3 is 0 Å². The van der Waals surface area contributed by atoms with Crippen molar-refractivity contribution in [2.24, 2.45) is 12.1 Å². The first kappa shape index (κ1) is 16.3. The minimum atomic E-state index is -0.372. The third-order valence-corrected chi connectivity index (χ3v) is 3.59. The quantitative estimate of drug-likeness (QED) is 0.460. The van der Waals surface area contributed by atoms with Crippen LogP contribution in [0.2, 0.25) is 0 Å². The summed E-state index contributed by atoms with van der Waals surface area (Å²) in [6.07, 6.45) is 3.25. The van der Waals surface area contributed by atoms with Crippen molar-refractivity contribution in [3.8, 4) is 11.5 Å². The Bertz CT molecular complexity index is 712. The zero-order valence-electron chi connectivity index (χ0n) is 12.3. The fraction of sp³-hybridized carbons (Fsp3) is 0.214. The number of hydrogen-bond acceptors (Lipinski definition) is 5. The van der Waals surface area contributed by atoms with Crippen LogP contribution in [0.15, 0.2) is 29.5 Å². The van der Waals surface area contributed by atoms with Crippen molar-refractivity contribution in [1.29, 1.82) is 0 Å². The van der Waals surface area contributed by atoms with Crippen LogP contribution in [0.3, 0.4) is 0 Å². The lowest BCUT2D eigenvalue weighted by atomic mass is 10.2. The van der Waals surface area contributed by atoms with Crippen LogP contribution in [0.4, 0.5) is 0 Å². The van der Waals surface area contributed by atoms with E-state index < -0.39 is 0 Å². The summed E-state index contributed by atoms with van der Waals surface area (Å²) in [5.41, 5.74) is 3.47. The Labute approximate surface area is 141 Å². The van der Waals surface area contributed by atoms with Gasteiger partial charge in [-0.15, -0.1) is 0 Å². The van der Waals surface area contributed by atoms with Gasteiger partial charge in [-0.2, -0.15) is 10.2 Å². The molecule has 1 aromatic heterocycles. The average molecular weight is 414 g/mol. The van der Waals surface area contributed by atoms with Crippen LogP contribution in [-0.2, 0) is 7.05 Å². The number of para-hydroxylation sites is 1. The maximum Gasteiger partial charge on any atom is 0.292 e. The second-order valence-corrected chi connectivity index (χ2v) is 5.44. The number of hydrazone groups is 1. The van der Waals surface area contributed by atoms with Gasteiger partial charge in [-0.3, -0.25) is 9.48 Å². The van der Waals surface area contributed by atoms with Crippen LogP contribution >= 0.6 is 22.6 Å². The Balaban J connectivity index is 2.13. The van der Waals surface area contributed by atoms with E-state index in [1.807, 2.05) is 34.7 Å². The molecule has 7 nitrogen and oxygen atoms in total. The highest BCUT2D eigenvalue weighted by Crippen LogP contribution is 2.29. The van der Waals surface area contributed by atoms with Crippen LogP contribution in [0.25, 0.3) is 0 Å². The summed E-state index contributed by atoms with van der Waals surface area (Å²) in [6, 6.07) is 5.40. The first-order valence-electron chi connectivity index (χ1n) is 6.30. The number of aromatic nitrogens is 2. The van der Waals surface area contributed by atoms with Crippen molar-refractivity contribution in [2.75, 3.05) is 14.2 Å². The maximum atomic E-state index is 12.0. The predicted octanol–water partition coefficient (Wildman–Crippen LogP) is 1.81. The van der Waals surface area contributed by atoms with Crippen molar-refractivity contribution in [1.82, 2.24) is 15.2 Å². The minimum Gasteiger partial charge on any atom is -0.493 e. The summed E-state index contributed by atoms with van der Waals surface area (Å²) in [5.74, 6) is 0.774. The van der Waals surface area contributed by atoms with E-state index in [4.69, 9.17) is 9.47 Å². The summed E-state index contributed by atoms with van der Waals surface area (Å²) in [7, 11) is 4.86. The van der Waals surface area contributed by atoms with Crippen LogP contribution in [-0.4, -0.2) is 36.1 Å². The molecular formula is C14H15IN4O3. The van der Waals surface area contributed by atoms with E-state index in [1.54, 1.807) is 38.2 Å². The van der Waals surface area contributed by atoms with E-state index >= 15 is 0 Å². The van der Waals surface area contributed by atoms with E-state index in [1.165, 1.54) is 6.21 Å². The number of benzene rings is 1. The SMILES string of the molecule is COc1cccc(C=NNC(=O)c2nn(C)cc2I)c1OC. The minimum absolute atomic E-state index is 0.331. The Morgan fingerprint density at radius 1 is 1.41 bits per heavy atom. The van der Waals surface area contributed by atoms with Gasteiger partial charge in [0.2, 0.25) is 0 Å². The molecule has 8 heteroatoms. The molecule has 0 aliphatic heterocycles. The number of aryl methyl sites for hydroxylation is 1. The number of carbonyl (C=O) groups is 1.